The zero-order chi connectivity index (χ0) is 14.9. The Morgan fingerprint density at radius 3 is 2.90 bits per heavy atom. The molecule has 2 N–H and O–H groups in total. The van der Waals surface area contributed by atoms with Crippen molar-refractivity contribution in [2.24, 2.45) is 5.73 Å². The Morgan fingerprint density at radius 2 is 2.19 bits per heavy atom. The lowest BCUT2D eigenvalue weighted by atomic mass is 10.2. The average molecular weight is 288 g/mol. The van der Waals surface area contributed by atoms with Crippen molar-refractivity contribution >= 4 is 0 Å². The molecule has 1 saturated heterocycles. The topological polar surface area (TPSA) is 47.7 Å². The molecule has 4 nitrogen and oxygen atoms in total. The summed E-state index contributed by atoms with van der Waals surface area (Å²) in [5.74, 6) is 6.72. The van der Waals surface area contributed by atoms with E-state index >= 15 is 0 Å². The van der Waals surface area contributed by atoms with Gasteiger partial charge in [0.2, 0.25) is 0 Å². The minimum atomic E-state index is 0.385. The highest BCUT2D eigenvalue weighted by Gasteiger charge is 2.20. The molecular formula is C17H24N2O2. The van der Waals surface area contributed by atoms with Crippen LogP contribution in [0.25, 0.3) is 0 Å². The third-order valence-electron chi connectivity index (χ3n) is 3.66. The van der Waals surface area contributed by atoms with E-state index in [-0.39, 0.29) is 0 Å². The van der Waals surface area contributed by atoms with Crippen molar-refractivity contribution in [2.75, 3.05) is 39.5 Å². The van der Waals surface area contributed by atoms with Crippen LogP contribution in [-0.2, 0) is 4.74 Å². The summed E-state index contributed by atoms with van der Waals surface area (Å²) in [6.07, 6.45) is 1.12. The molecule has 2 rings (SSSR count). The Balaban J connectivity index is 1.77. The van der Waals surface area contributed by atoms with Gasteiger partial charge in [0, 0.05) is 24.7 Å². The average Bonchev–Trinajstić information content (AvgIpc) is 2.54. The lowest BCUT2D eigenvalue weighted by Gasteiger charge is -2.34. The fourth-order valence-corrected chi connectivity index (χ4v) is 2.43. The molecule has 1 aliphatic rings. The molecule has 114 valence electrons. The summed E-state index contributed by atoms with van der Waals surface area (Å²) in [4.78, 5) is 2.45. The Labute approximate surface area is 127 Å². The van der Waals surface area contributed by atoms with Crippen LogP contribution < -0.4 is 10.5 Å². The smallest absolute Gasteiger partial charge is 0.119 e. The van der Waals surface area contributed by atoms with E-state index in [0.717, 1.165) is 44.0 Å². The van der Waals surface area contributed by atoms with E-state index in [2.05, 4.69) is 23.7 Å². The molecule has 1 fully saturated rings. The lowest BCUT2D eigenvalue weighted by Crippen LogP contribution is -2.46. The molecule has 1 unspecified atom stereocenters. The molecule has 1 atom stereocenters. The van der Waals surface area contributed by atoms with Crippen molar-refractivity contribution in [1.29, 1.82) is 0 Å². The van der Waals surface area contributed by atoms with E-state index < -0.39 is 0 Å². The number of ether oxygens (including phenoxy) is 2. The van der Waals surface area contributed by atoms with Gasteiger partial charge in [0.15, 0.2) is 0 Å². The number of benzene rings is 1. The first-order valence-corrected chi connectivity index (χ1v) is 7.57. The normalized spacial score (nSPS) is 18.9. The van der Waals surface area contributed by atoms with Crippen LogP contribution in [0.3, 0.4) is 0 Å². The number of nitrogens with two attached hydrogens (primary N) is 1. The molecule has 0 aromatic heterocycles. The third-order valence-corrected chi connectivity index (χ3v) is 3.66. The van der Waals surface area contributed by atoms with Crippen LogP contribution in [0.2, 0.25) is 0 Å². The molecule has 1 aromatic rings. The van der Waals surface area contributed by atoms with Gasteiger partial charge >= 0.3 is 0 Å². The van der Waals surface area contributed by atoms with Gasteiger partial charge in [-0.1, -0.05) is 18.8 Å². The molecule has 4 heteroatoms. The number of nitrogens with zero attached hydrogens (tertiary/aromatic N) is 1. The minimum absolute atomic E-state index is 0.385. The fourth-order valence-electron chi connectivity index (χ4n) is 2.43. The first kappa shape index (κ1) is 15.8. The summed E-state index contributed by atoms with van der Waals surface area (Å²) in [5, 5.41) is 0. The van der Waals surface area contributed by atoms with Crippen molar-refractivity contribution < 1.29 is 9.47 Å². The molecule has 0 spiro atoms. The highest BCUT2D eigenvalue weighted by molar-refractivity contribution is 5.38. The fraction of sp³-hybridized carbons (Fsp3) is 0.529. The van der Waals surface area contributed by atoms with E-state index in [1.807, 2.05) is 24.3 Å². The molecule has 0 saturated carbocycles. The van der Waals surface area contributed by atoms with Crippen LogP contribution in [0.1, 0.15) is 18.9 Å². The van der Waals surface area contributed by atoms with Crippen LogP contribution in [0.15, 0.2) is 24.3 Å². The van der Waals surface area contributed by atoms with Gasteiger partial charge in [-0.25, -0.2) is 0 Å². The van der Waals surface area contributed by atoms with Crippen molar-refractivity contribution in [3.8, 4) is 17.6 Å². The predicted octanol–water partition coefficient (Wildman–Crippen LogP) is 1.49. The molecule has 0 radical (unpaired) electrons. The number of rotatable bonds is 5. The second-order valence-electron chi connectivity index (χ2n) is 5.05. The monoisotopic (exact) mass is 288 g/mol. The molecular weight excluding hydrogens is 264 g/mol. The van der Waals surface area contributed by atoms with E-state index in [9.17, 15) is 0 Å². The van der Waals surface area contributed by atoms with E-state index in [1.54, 1.807) is 0 Å². The van der Waals surface area contributed by atoms with E-state index in [1.165, 1.54) is 0 Å². The summed E-state index contributed by atoms with van der Waals surface area (Å²) < 4.78 is 11.3. The Kier molecular flexibility index (Phi) is 6.55. The summed E-state index contributed by atoms with van der Waals surface area (Å²) in [5.41, 5.74) is 6.32. The van der Waals surface area contributed by atoms with Crippen LogP contribution >= 0.6 is 0 Å². The molecule has 1 aliphatic heterocycles. The molecule has 1 heterocycles. The zero-order valence-electron chi connectivity index (χ0n) is 12.7. The maximum absolute atomic E-state index is 5.81. The SMILES string of the molecule is CCC1COCCN1CCOc1ccc(C#CCN)cc1. The van der Waals surface area contributed by atoms with E-state index in [0.29, 0.717) is 19.2 Å². The van der Waals surface area contributed by atoms with Crippen molar-refractivity contribution in [2.45, 2.75) is 19.4 Å². The molecule has 0 amide bonds. The summed E-state index contributed by atoms with van der Waals surface area (Å²) >= 11 is 0. The Morgan fingerprint density at radius 1 is 1.38 bits per heavy atom. The van der Waals surface area contributed by atoms with Crippen LogP contribution in [0.4, 0.5) is 0 Å². The minimum Gasteiger partial charge on any atom is -0.492 e. The second-order valence-corrected chi connectivity index (χ2v) is 5.05. The largest absolute Gasteiger partial charge is 0.492 e. The van der Waals surface area contributed by atoms with Gasteiger partial charge in [0.05, 0.1) is 19.8 Å². The molecule has 0 aliphatic carbocycles. The Bertz CT molecular complexity index is 476. The quantitative estimate of drug-likeness (QED) is 0.834. The molecule has 0 bridgehead atoms. The van der Waals surface area contributed by atoms with Crippen LogP contribution in [0, 0.1) is 11.8 Å². The summed E-state index contributed by atoms with van der Waals surface area (Å²) in [7, 11) is 0. The van der Waals surface area contributed by atoms with Gasteiger partial charge in [0.1, 0.15) is 12.4 Å². The van der Waals surface area contributed by atoms with Crippen molar-refractivity contribution in [3.63, 3.8) is 0 Å². The maximum Gasteiger partial charge on any atom is 0.119 e. The van der Waals surface area contributed by atoms with Gasteiger partial charge in [-0.2, -0.15) is 0 Å². The van der Waals surface area contributed by atoms with Gasteiger partial charge in [-0.15, -0.1) is 0 Å². The highest BCUT2D eigenvalue weighted by atomic mass is 16.5. The van der Waals surface area contributed by atoms with Crippen molar-refractivity contribution in [1.82, 2.24) is 4.90 Å². The molecule has 21 heavy (non-hydrogen) atoms. The maximum atomic E-state index is 5.81. The Hall–Kier alpha value is -1.54. The zero-order valence-corrected chi connectivity index (χ0v) is 12.7. The number of hydrogen-bond donors (Lipinski definition) is 1. The van der Waals surface area contributed by atoms with E-state index in [4.69, 9.17) is 15.2 Å². The first-order chi connectivity index (χ1) is 10.3. The van der Waals surface area contributed by atoms with Crippen LogP contribution in [0.5, 0.6) is 5.75 Å². The van der Waals surface area contributed by atoms with Crippen LogP contribution in [-0.4, -0.2) is 50.4 Å². The first-order valence-electron chi connectivity index (χ1n) is 7.57. The highest BCUT2D eigenvalue weighted by Crippen LogP contribution is 2.13. The summed E-state index contributed by atoms with van der Waals surface area (Å²) in [6, 6.07) is 8.36. The lowest BCUT2D eigenvalue weighted by molar-refractivity contribution is -0.0132. The standard InChI is InChI=1S/C17H24N2O2/c1-2-16-14-20-12-10-19(16)11-13-21-17-7-5-15(6-8-17)4-3-9-18/h5-8,16H,2,9-14,18H2,1H3. The molecule has 1 aromatic carbocycles. The number of hydrogen-bond acceptors (Lipinski definition) is 4. The third kappa shape index (κ3) is 5.05. The second kappa shape index (κ2) is 8.68. The van der Waals surface area contributed by atoms with Gasteiger partial charge in [-0.05, 0) is 30.7 Å². The van der Waals surface area contributed by atoms with Gasteiger partial charge in [-0.3, -0.25) is 4.90 Å². The van der Waals surface area contributed by atoms with Gasteiger partial charge in [0.25, 0.3) is 0 Å². The predicted molar refractivity (Wildman–Crippen MR) is 84.3 cm³/mol. The van der Waals surface area contributed by atoms with Gasteiger partial charge < -0.3 is 15.2 Å². The number of morpholine rings is 1. The van der Waals surface area contributed by atoms with Crippen molar-refractivity contribution in [3.05, 3.63) is 29.8 Å². The summed E-state index contributed by atoms with van der Waals surface area (Å²) in [6.45, 7) is 6.89.